The molecule has 2 saturated heterocycles. The highest BCUT2D eigenvalue weighted by Crippen LogP contribution is 2.50. The molecule has 6 aromatic rings. The van der Waals surface area contributed by atoms with Crippen molar-refractivity contribution in [2.75, 3.05) is 51.7 Å². The number of aromatic nitrogens is 4. The number of nitrogens with one attached hydrogen (secondary N) is 8. The van der Waals surface area contributed by atoms with Crippen molar-refractivity contribution in [2.45, 2.75) is 225 Å². The van der Waals surface area contributed by atoms with Crippen LogP contribution in [0.25, 0.3) is 44.6 Å². The normalized spacial score (nSPS) is 23.2. The van der Waals surface area contributed by atoms with Gasteiger partial charge in [-0.25, -0.2) is 38.7 Å². The Balaban J connectivity index is 0.000000233. The van der Waals surface area contributed by atoms with Gasteiger partial charge in [0.2, 0.25) is 23.6 Å². The fourth-order valence-corrected chi connectivity index (χ4v) is 18.3. The number of nitrogens with zero attached hydrogens (tertiary/aromatic N) is 6. The van der Waals surface area contributed by atoms with Crippen molar-refractivity contribution in [3.63, 3.8) is 0 Å². The molecule has 6 aliphatic rings. The molecule has 34 nitrogen and oxygen atoms in total. The number of carbonyl (C=O) groups excluding carboxylic acids is 8. The van der Waals surface area contributed by atoms with Gasteiger partial charge in [-0.3, -0.25) is 48.0 Å². The lowest BCUT2D eigenvalue weighted by molar-refractivity contribution is -0.143. The SMILES string of the molecule is C=C[C@@H]1C[C@]1(NC(=O)[C@@H]1C[C@@H](Oc2cc(-c3csc(NC(C)C)n3)nc3cc(OC)ccc23)CN1C(=O)[C@@H](NC(=O)OC1CCCC1)C(C)(C)C)C(=O)NP(=O)(O)OC.C=C[C@@H]1C[C@]1(NC(=O)[C@@H]1C[C@@H](Oc2cc(-c3csc(NC(C)C)n3)nc3cc(OC)ccc23)CN1C(=O)[C@@H](NC(=O)OC1CCCC1)C(C)(C)C)C(=O)NP(=O)(O)OCC. The monoisotopic (exact) mass is 1720 g/mol. The zero-order valence-electron chi connectivity index (χ0n) is 69.5. The van der Waals surface area contributed by atoms with E-state index >= 15 is 0 Å². The van der Waals surface area contributed by atoms with Gasteiger partial charge >= 0.3 is 27.7 Å². The van der Waals surface area contributed by atoms with Crippen LogP contribution in [0, 0.1) is 22.7 Å². The minimum atomic E-state index is -4.54. The number of likely N-dealkylation sites (tertiary alicyclic amines) is 2. The fraction of sp³-hybridized carbons (Fsp3) is 0.556. The number of benzene rings is 2. The number of rotatable bonds is 31. The number of hydrogen-bond donors (Lipinski definition) is 10. The lowest BCUT2D eigenvalue weighted by Crippen LogP contribution is -2.59. The molecule has 6 fully saturated rings. The Morgan fingerprint density at radius 2 is 0.958 bits per heavy atom. The molecule has 12 atom stereocenters. The summed E-state index contributed by atoms with van der Waals surface area (Å²) in [5, 5.41) is 28.3. The highest BCUT2D eigenvalue weighted by atomic mass is 32.1. The van der Waals surface area contributed by atoms with Crippen LogP contribution in [0.4, 0.5) is 19.9 Å². The number of pyridine rings is 2. The quantitative estimate of drug-likeness (QED) is 0.0143. The van der Waals surface area contributed by atoms with Crippen LogP contribution in [0.2, 0.25) is 0 Å². The van der Waals surface area contributed by atoms with Crippen molar-refractivity contribution < 1.29 is 94.7 Å². The van der Waals surface area contributed by atoms with E-state index in [1.165, 1.54) is 51.5 Å². The molecule has 2 unspecified atom stereocenters. The minimum absolute atomic E-state index is 0.0106. The summed E-state index contributed by atoms with van der Waals surface area (Å²) >= 11 is 2.88. The second kappa shape index (κ2) is 37.2. The molecule has 10 N–H and O–H groups in total. The third-order valence-corrected chi connectivity index (χ3v) is 25.3. The second-order valence-electron chi connectivity index (χ2n) is 33.5. The summed E-state index contributed by atoms with van der Waals surface area (Å²) in [5.74, 6) is -3.51. The summed E-state index contributed by atoms with van der Waals surface area (Å²) in [7, 11) is -4.98. The Labute approximate surface area is 699 Å². The number of carbonyl (C=O) groups is 8. The molecule has 0 radical (unpaired) electrons. The summed E-state index contributed by atoms with van der Waals surface area (Å²) in [5.41, 5.74) is -1.49. The molecule has 2 aliphatic heterocycles. The van der Waals surface area contributed by atoms with Crippen LogP contribution in [0.3, 0.4) is 0 Å². The van der Waals surface area contributed by atoms with Gasteiger partial charge in [-0.05, 0) is 134 Å². The Morgan fingerprint density at radius 3 is 1.29 bits per heavy atom. The number of alkyl carbamates (subject to hydrolysis) is 2. The van der Waals surface area contributed by atoms with Gasteiger partial charge in [-0.15, -0.1) is 35.8 Å². The summed E-state index contributed by atoms with van der Waals surface area (Å²) in [6.07, 6.45) is 6.38. The molecule has 12 rings (SSSR count). The minimum Gasteiger partial charge on any atom is -0.497 e. The number of hydrogen-bond acceptors (Lipinski definition) is 26. The molecule has 0 bridgehead atoms. The van der Waals surface area contributed by atoms with Crippen LogP contribution < -0.4 is 61.0 Å². The third kappa shape index (κ3) is 21.8. The summed E-state index contributed by atoms with van der Waals surface area (Å²) in [4.78, 5) is 154. The van der Waals surface area contributed by atoms with E-state index < -0.39 is 133 Å². The zero-order chi connectivity index (χ0) is 86.4. The first kappa shape index (κ1) is 90.2. The van der Waals surface area contributed by atoms with Gasteiger partial charge in [-0.1, -0.05) is 53.7 Å². The van der Waals surface area contributed by atoms with Gasteiger partial charge in [0.05, 0.1) is 56.3 Å². The van der Waals surface area contributed by atoms with E-state index in [1.54, 1.807) is 92.2 Å². The van der Waals surface area contributed by atoms with Crippen molar-refractivity contribution in [3.8, 4) is 45.8 Å². The first-order valence-corrected chi connectivity index (χ1v) is 44.8. The van der Waals surface area contributed by atoms with Crippen LogP contribution in [0.15, 0.2) is 84.6 Å². The maximum Gasteiger partial charge on any atom is 0.432 e. The van der Waals surface area contributed by atoms with Gasteiger partial charge in [0.15, 0.2) is 10.3 Å². The maximum absolute atomic E-state index is 14.8. The van der Waals surface area contributed by atoms with E-state index in [9.17, 15) is 57.3 Å². The summed E-state index contributed by atoms with van der Waals surface area (Å²) in [6.45, 7) is 27.6. The predicted molar refractivity (Wildman–Crippen MR) is 449 cm³/mol. The van der Waals surface area contributed by atoms with E-state index in [4.69, 9.17) is 52.9 Å². The second-order valence-corrected chi connectivity index (χ2v) is 38.3. The first-order chi connectivity index (χ1) is 56.2. The van der Waals surface area contributed by atoms with Crippen molar-refractivity contribution in [1.82, 2.24) is 61.2 Å². The molecule has 6 heterocycles. The number of methoxy groups -OCH3 is 2. The molecule has 646 valence electrons. The van der Waals surface area contributed by atoms with Gasteiger partial charge in [0.25, 0.3) is 11.8 Å². The van der Waals surface area contributed by atoms with Gasteiger partial charge in [-0.2, -0.15) is 0 Å². The van der Waals surface area contributed by atoms with Crippen molar-refractivity contribution >= 4 is 118 Å². The topological polar surface area (TPSA) is 439 Å². The molecule has 8 amide bonds. The lowest BCUT2D eigenvalue weighted by Gasteiger charge is -2.35. The molecule has 4 aliphatic carbocycles. The molecular formula is C81H110N14O20P2S2. The van der Waals surface area contributed by atoms with Gasteiger partial charge in [0.1, 0.15) is 94.0 Å². The summed E-state index contributed by atoms with van der Waals surface area (Å²) < 4.78 is 70.1. The highest BCUT2D eigenvalue weighted by Gasteiger charge is 2.63. The Morgan fingerprint density at radius 1 is 0.571 bits per heavy atom. The van der Waals surface area contributed by atoms with Crippen molar-refractivity contribution in [3.05, 3.63) is 84.6 Å². The molecule has 119 heavy (non-hydrogen) atoms. The van der Waals surface area contributed by atoms with Gasteiger partial charge in [0, 0.05) is 89.7 Å². The predicted octanol–water partition coefficient (Wildman–Crippen LogP) is 11.5. The van der Waals surface area contributed by atoms with E-state index in [0.29, 0.717) is 67.6 Å². The van der Waals surface area contributed by atoms with Crippen LogP contribution >= 0.6 is 38.2 Å². The molecule has 0 spiro atoms. The van der Waals surface area contributed by atoms with E-state index in [2.05, 4.69) is 49.6 Å². The largest absolute Gasteiger partial charge is 0.497 e. The lowest BCUT2D eigenvalue weighted by atomic mass is 9.85. The number of amides is 8. The van der Waals surface area contributed by atoms with Crippen LogP contribution in [-0.2, 0) is 56.4 Å². The van der Waals surface area contributed by atoms with E-state index in [1.807, 2.05) is 60.8 Å². The first-order valence-electron chi connectivity index (χ1n) is 39.9. The van der Waals surface area contributed by atoms with E-state index in [-0.39, 0.29) is 69.7 Å². The number of fused-ring (bicyclic) bond motifs is 2. The molecule has 4 aromatic heterocycles. The Hall–Kier alpha value is -9.54. The zero-order valence-corrected chi connectivity index (χ0v) is 72.9. The number of anilines is 2. The maximum atomic E-state index is 14.8. The highest BCUT2D eigenvalue weighted by molar-refractivity contribution is 7.51. The number of ether oxygens (including phenoxy) is 6. The smallest absolute Gasteiger partial charge is 0.432 e. The third-order valence-electron chi connectivity index (χ3n) is 21.6. The van der Waals surface area contributed by atoms with Crippen LogP contribution in [0.5, 0.6) is 23.0 Å². The van der Waals surface area contributed by atoms with Crippen molar-refractivity contribution in [2.24, 2.45) is 22.7 Å². The van der Waals surface area contributed by atoms with Crippen LogP contribution in [0.1, 0.15) is 153 Å². The van der Waals surface area contributed by atoms with Crippen LogP contribution in [-0.4, -0.2) is 200 Å². The number of thiazole rings is 2. The summed E-state index contributed by atoms with van der Waals surface area (Å²) in [6, 6.07) is 9.99. The Bertz CT molecular complexity index is 4890. The van der Waals surface area contributed by atoms with Crippen molar-refractivity contribution in [1.29, 1.82) is 0 Å². The average Bonchev–Trinajstić information content (AvgIpc) is 1.58. The Kier molecular flexibility index (Phi) is 28.2. The standard InChI is InChI=1S/C41H56N7O10PS.C40H54N7O10PS/c1-9-24-20-41(24,37(51)47-59(53,54)56-10-2)46-35(49)32-18-27(21-48(32)36(50)34(40(5,6)7)45-39(52)58-25-13-11-12-14-25)57-33-19-30(31-22-60-38(44-31)42-23(3)4)43-29-17-26(55-8)15-16-28(29)33;1-9-23-19-40(23,36(50)46-58(52,53)55-8)45-34(48)31-17-26(20-47(31)35(49)33(39(4,5)6)44-38(51)57-24-12-10-11-13-24)56-32-18-29(30-21-59-37(43-30)41-22(2)3)42-28-16-25(54-7)14-15-27(28)32/h9,15-17,19,22-25,27,32,34H,1,10-14,18,20-21H2,2-8H3,(H,42,44)(H,45,52)(H,46,49)(H2,47,51,53,54);9,14-16,18,21-24,26,31,33H,1,10-13,17,19-20H2,2-8H3,(H,41,43)(H,44,51)(H,45,48)(H2,46,50,52,53)/t24-,27-,32+,34-,41-;23-,26-,31+,33-,40-/m11/s1. The fourth-order valence-electron chi connectivity index (χ4n) is 15.2. The average molecular weight is 1730 g/mol. The molecule has 38 heteroatoms. The van der Waals surface area contributed by atoms with Gasteiger partial charge < -0.3 is 79.9 Å². The molecular weight excluding hydrogens is 1620 g/mol. The molecule has 4 saturated carbocycles. The van der Waals surface area contributed by atoms with E-state index in [0.717, 1.165) is 68.7 Å². The molecule has 2 aromatic carbocycles.